The van der Waals surface area contributed by atoms with Gasteiger partial charge in [0.25, 0.3) is 0 Å². The highest BCUT2D eigenvalue weighted by molar-refractivity contribution is 5.86. The first-order chi connectivity index (χ1) is 8.11. The number of hydrogen-bond acceptors (Lipinski definition) is 2. The first-order valence-corrected chi connectivity index (χ1v) is 6.05. The molecule has 2 aromatic rings. The number of aromatic hydroxyl groups is 1. The lowest BCUT2D eigenvalue weighted by Crippen LogP contribution is -2.29. The fourth-order valence-electron chi connectivity index (χ4n) is 2.78. The Kier molecular flexibility index (Phi) is 2.20. The predicted octanol–water partition coefficient (Wildman–Crippen LogP) is 2.36. The van der Waals surface area contributed by atoms with Crippen LogP contribution in [-0.4, -0.2) is 21.8 Å². The van der Waals surface area contributed by atoms with Gasteiger partial charge < -0.3 is 15.2 Å². The maximum absolute atomic E-state index is 9.57. The Hall–Kier alpha value is -1.48. The van der Waals surface area contributed by atoms with Crippen molar-refractivity contribution >= 4 is 10.9 Å². The third-order valence-electron chi connectivity index (χ3n) is 3.94. The lowest BCUT2D eigenvalue weighted by Gasteiger charge is -2.31. The van der Waals surface area contributed by atoms with Crippen molar-refractivity contribution in [1.82, 2.24) is 4.98 Å². The van der Waals surface area contributed by atoms with Crippen LogP contribution in [0.4, 0.5) is 0 Å². The third-order valence-corrected chi connectivity index (χ3v) is 3.94. The molecule has 0 bridgehead atoms. The number of aryl methyl sites for hydroxylation is 1. The molecule has 3 rings (SSSR count). The van der Waals surface area contributed by atoms with Crippen LogP contribution in [0, 0.1) is 5.41 Å². The van der Waals surface area contributed by atoms with Crippen LogP contribution in [0.2, 0.25) is 0 Å². The molecule has 1 aliphatic rings. The summed E-state index contributed by atoms with van der Waals surface area (Å²) in [5, 5.41) is 20.2. The molecule has 0 spiro atoms. The zero-order valence-corrected chi connectivity index (χ0v) is 9.95. The van der Waals surface area contributed by atoms with E-state index in [1.807, 2.05) is 12.1 Å². The van der Waals surface area contributed by atoms with E-state index < -0.39 is 0 Å². The van der Waals surface area contributed by atoms with Gasteiger partial charge in [0, 0.05) is 23.2 Å². The molecule has 1 unspecified atom stereocenters. The van der Waals surface area contributed by atoms with Crippen LogP contribution >= 0.6 is 0 Å². The normalized spacial score (nSPS) is 23.9. The summed E-state index contributed by atoms with van der Waals surface area (Å²) in [6.45, 7) is 2.34. The fraction of sp³-hybridized carbons (Fsp3) is 0.429. The van der Waals surface area contributed by atoms with Crippen LogP contribution in [0.5, 0.6) is 5.75 Å². The van der Waals surface area contributed by atoms with Gasteiger partial charge in [-0.3, -0.25) is 0 Å². The Morgan fingerprint density at radius 1 is 1.41 bits per heavy atom. The standard InChI is InChI=1S/C14H17NO2/c1-14(8-16)5-4-13-11(7-14)10-6-9(17)2-3-12(10)15-13/h2-3,6,15-17H,4-5,7-8H2,1H3. The van der Waals surface area contributed by atoms with Crippen molar-refractivity contribution in [3.63, 3.8) is 0 Å². The molecular formula is C14H17NO2. The van der Waals surface area contributed by atoms with E-state index in [0.29, 0.717) is 5.75 Å². The van der Waals surface area contributed by atoms with Gasteiger partial charge in [-0.1, -0.05) is 6.92 Å². The van der Waals surface area contributed by atoms with E-state index in [1.54, 1.807) is 6.07 Å². The van der Waals surface area contributed by atoms with E-state index >= 15 is 0 Å². The lowest BCUT2D eigenvalue weighted by atomic mass is 9.75. The minimum atomic E-state index is -0.0203. The average Bonchev–Trinajstić information content (AvgIpc) is 2.67. The molecular weight excluding hydrogens is 214 g/mol. The largest absolute Gasteiger partial charge is 0.508 e. The molecule has 1 atom stereocenters. The topological polar surface area (TPSA) is 56.2 Å². The summed E-state index contributed by atoms with van der Waals surface area (Å²) < 4.78 is 0. The first kappa shape index (κ1) is 10.7. The van der Waals surface area contributed by atoms with Crippen molar-refractivity contribution < 1.29 is 10.2 Å². The lowest BCUT2D eigenvalue weighted by molar-refractivity contribution is 0.127. The van der Waals surface area contributed by atoms with Crippen LogP contribution in [0.25, 0.3) is 10.9 Å². The Morgan fingerprint density at radius 3 is 3.00 bits per heavy atom. The molecule has 1 aromatic heterocycles. The van der Waals surface area contributed by atoms with E-state index in [1.165, 1.54) is 11.3 Å². The Balaban J connectivity index is 2.17. The van der Waals surface area contributed by atoms with Crippen molar-refractivity contribution in [3.8, 4) is 5.75 Å². The van der Waals surface area contributed by atoms with E-state index in [-0.39, 0.29) is 12.0 Å². The average molecular weight is 231 g/mol. The number of hydrogen-bond donors (Lipinski definition) is 3. The highest BCUT2D eigenvalue weighted by Crippen LogP contribution is 2.39. The van der Waals surface area contributed by atoms with Gasteiger partial charge in [0.2, 0.25) is 0 Å². The monoisotopic (exact) mass is 231 g/mol. The Labute approximate surface area is 100 Å². The number of fused-ring (bicyclic) bond motifs is 3. The highest BCUT2D eigenvalue weighted by atomic mass is 16.3. The fourth-order valence-corrected chi connectivity index (χ4v) is 2.78. The molecule has 3 heteroatoms. The summed E-state index contributed by atoms with van der Waals surface area (Å²) in [5.41, 5.74) is 3.58. The smallest absolute Gasteiger partial charge is 0.116 e. The van der Waals surface area contributed by atoms with Crippen LogP contribution in [0.3, 0.4) is 0 Å². The van der Waals surface area contributed by atoms with E-state index in [9.17, 15) is 10.2 Å². The summed E-state index contributed by atoms with van der Waals surface area (Å²) in [6, 6.07) is 5.43. The Morgan fingerprint density at radius 2 is 2.24 bits per heavy atom. The van der Waals surface area contributed by atoms with Gasteiger partial charge >= 0.3 is 0 Å². The van der Waals surface area contributed by atoms with Crippen molar-refractivity contribution in [2.24, 2.45) is 5.41 Å². The molecule has 0 saturated carbocycles. The highest BCUT2D eigenvalue weighted by Gasteiger charge is 2.31. The molecule has 17 heavy (non-hydrogen) atoms. The van der Waals surface area contributed by atoms with Gasteiger partial charge in [0.1, 0.15) is 5.75 Å². The number of aliphatic hydroxyl groups is 1. The molecule has 3 N–H and O–H groups in total. The second-order valence-corrected chi connectivity index (χ2v) is 5.46. The minimum Gasteiger partial charge on any atom is -0.508 e. The van der Waals surface area contributed by atoms with Crippen LogP contribution < -0.4 is 0 Å². The predicted molar refractivity (Wildman–Crippen MR) is 67.2 cm³/mol. The molecule has 1 heterocycles. The second kappa shape index (κ2) is 3.50. The quantitative estimate of drug-likeness (QED) is 0.705. The van der Waals surface area contributed by atoms with Crippen LogP contribution in [0.1, 0.15) is 24.6 Å². The van der Waals surface area contributed by atoms with Crippen molar-refractivity contribution in [2.75, 3.05) is 6.61 Å². The zero-order chi connectivity index (χ0) is 12.0. The number of benzene rings is 1. The maximum atomic E-state index is 9.57. The summed E-state index contributed by atoms with van der Waals surface area (Å²) in [4.78, 5) is 3.41. The molecule has 0 radical (unpaired) electrons. The van der Waals surface area contributed by atoms with Gasteiger partial charge in [0.05, 0.1) is 0 Å². The number of phenols is 1. The molecule has 1 aliphatic carbocycles. The maximum Gasteiger partial charge on any atom is 0.116 e. The van der Waals surface area contributed by atoms with Crippen LogP contribution in [-0.2, 0) is 12.8 Å². The summed E-state index contributed by atoms with van der Waals surface area (Å²) in [7, 11) is 0. The molecule has 0 aliphatic heterocycles. The zero-order valence-electron chi connectivity index (χ0n) is 9.95. The number of nitrogens with one attached hydrogen (secondary N) is 1. The number of aliphatic hydroxyl groups excluding tert-OH is 1. The number of rotatable bonds is 1. The second-order valence-electron chi connectivity index (χ2n) is 5.46. The number of phenolic OH excluding ortho intramolecular Hbond substituents is 1. The summed E-state index contributed by atoms with van der Waals surface area (Å²) in [5.74, 6) is 0.301. The van der Waals surface area contributed by atoms with Crippen LogP contribution in [0.15, 0.2) is 18.2 Å². The van der Waals surface area contributed by atoms with E-state index in [0.717, 1.165) is 30.2 Å². The van der Waals surface area contributed by atoms with Gasteiger partial charge in [-0.2, -0.15) is 0 Å². The van der Waals surface area contributed by atoms with Gasteiger partial charge in [-0.25, -0.2) is 0 Å². The summed E-state index contributed by atoms with van der Waals surface area (Å²) >= 11 is 0. The number of H-pyrrole nitrogens is 1. The SMILES string of the molecule is CC1(CO)CCc2[nH]c3ccc(O)cc3c2C1. The van der Waals surface area contributed by atoms with Crippen molar-refractivity contribution in [1.29, 1.82) is 0 Å². The molecule has 90 valence electrons. The summed E-state index contributed by atoms with van der Waals surface area (Å²) in [6.07, 6.45) is 2.86. The minimum absolute atomic E-state index is 0.0203. The van der Waals surface area contributed by atoms with E-state index in [2.05, 4.69) is 11.9 Å². The van der Waals surface area contributed by atoms with Gasteiger partial charge in [0.15, 0.2) is 0 Å². The molecule has 1 aromatic carbocycles. The third kappa shape index (κ3) is 1.62. The first-order valence-electron chi connectivity index (χ1n) is 6.05. The molecule has 0 amide bonds. The van der Waals surface area contributed by atoms with Crippen molar-refractivity contribution in [2.45, 2.75) is 26.2 Å². The van der Waals surface area contributed by atoms with Gasteiger partial charge in [-0.15, -0.1) is 0 Å². The molecule has 0 fully saturated rings. The molecule has 3 nitrogen and oxygen atoms in total. The number of aromatic amines is 1. The van der Waals surface area contributed by atoms with E-state index in [4.69, 9.17) is 0 Å². The Bertz CT molecular complexity index is 573. The number of aromatic nitrogens is 1. The van der Waals surface area contributed by atoms with Gasteiger partial charge in [-0.05, 0) is 48.4 Å². The molecule has 0 saturated heterocycles. The van der Waals surface area contributed by atoms with Crippen molar-refractivity contribution in [3.05, 3.63) is 29.5 Å².